The van der Waals surface area contributed by atoms with Gasteiger partial charge in [0.05, 0.1) is 22.8 Å². The van der Waals surface area contributed by atoms with E-state index in [9.17, 15) is 24.5 Å². The third-order valence-electron chi connectivity index (χ3n) is 4.92. The lowest BCUT2D eigenvalue weighted by Crippen LogP contribution is -2.30. The molecule has 1 N–H and O–H groups in total. The summed E-state index contributed by atoms with van der Waals surface area (Å²) in [4.78, 5) is 48.7. The highest BCUT2D eigenvalue weighted by Crippen LogP contribution is 2.31. The molecule has 1 aliphatic rings. The number of rotatable bonds is 10. The lowest BCUT2D eigenvalue weighted by atomic mass is 10.1. The summed E-state index contributed by atoms with van der Waals surface area (Å²) in [5, 5.41) is 14.0. The quantitative estimate of drug-likeness (QED) is 0.268. The summed E-state index contributed by atoms with van der Waals surface area (Å²) in [6.07, 6.45) is 1.98. The molecule has 0 aliphatic carbocycles. The first-order valence-electron chi connectivity index (χ1n) is 10.1. The van der Waals surface area contributed by atoms with Crippen LogP contribution in [0.15, 0.2) is 42.5 Å². The molecule has 0 saturated heterocycles. The summed E-state index contributed by atoms with van der Waals surface area (Å²) in [5.41, 5.74) is 0.167. The minimum Gasteiger partial charge on any atom is -0.492 e. The van der Waals surface area contributed by atoms with Crippen LogP contribution in [0, 0.1) is 10.1 Å². The number of hydrogen-bond donors (Lipinski definition) is 1. The van der Waals surface area contributed by atoms with Gasteiger partial charge in [0, 0.05) is 19.0 Å². The van der Waals surface area contributed by atoms with Crippen molar-refractivity contribution in [2.45, 2.75) is 32.6 Å². The molecule has 0 fully saturated rings. The number of nitro groups is 1. The third kappa shape index (κ3) is 4.88. The van der Waals surface area contributed by atoms with Crippen LogP contribution in [0.1, 0.15) is 53.3 Å². The van der Waals surface area contributed by atoms with Gasteiger partial charge in [0.1, 0.15) is 11.3 Å². The fourth-order valence-electron chi connectivity index (χ4n) is 3.47. The van der Waals surface area contributed by atoms with Gasteiger partial charge < -0.3 is 10.1 Å². The van der Waals surface area contributed by atoms with Crippen molar-refractivity contribution < 1.29 is 24.0 Å². The summed E-state index contributed by atoms with van der Waals surface area (Å²) < 4.78 is 5.48. The Kier molecular flexibility index (Phi) is 6.96. The van der Waals surface area contributed by atoms with E-state index in [4.69, 9.17) is 4.74 Å². The minimum absolute atomic E-state index is 0.0616. The zero-order valence-corrected chi connectivity index (χ0v) is 17.1. The molecule has 1 aliphatic heterocycles. The number of ether oxygens (including phenoxy) is 1. The molecule has 2 aromatic rings. The molecule has 9 nitrogen and oxygen atoms in total. The summed E-state index contributed by atoms with van der Waals surface area (Å²) in [5.74, 6) is -0.701. The molecule has 2 aromatic carbocycles. The van der Waals surface area contributed by atoms with Gasteiger partial charge in [-0.1, -0.05) is 24.6 Å². The Morgan fingerprint density at radius 2 is 1.84 bits per heavy atom. The van der Waals surface area contributed by atoms with E-state index in [1.165, 1.54) is 18.2 Å². The van der Waals surface area contributed by atoms with Crippen molar-refractivity contribution in [1.82, 2.24) is 4.90 Å². The van der Waals surface area contributed by atoms with Crippen LogP contribution >= 0.6 is 0 Å². The lowest BCUT2D eigenvalue weighted by molar-refractivity contribution is -0.385. The van der Waals surface area contributed by atoms with E-state index in [1.54, 1.807) is 12.1 Å². The largest absolute Gasteiger partial charge is 0.492 e. The Morgan fingerprint density at radius 1 is 1.06 bits per heavy atom. The molecule has 162 valence electrons. The maximum atomic E-state index is 12.5. The highest BCUT2D eigenvalue weighted by molar-refractivity contribution is 6.23. The van der Waals surface area contributed by atoms with Crippen molar-refractivity contribution in [3.05, 3.63) is 63.7 Å². The molecule has 0 atom stereocenters. The molecule has 9 heteroatoms. The number of fused-ring (bicyclic) bond motifs is 1. The number of carbonyl (C=O) groups is 3. The smallest absolute Gasteiger partial charge is 0.282 e. The van der Waals surface area contributed by atoms with Crippen molar-refractivity contribution in [1.29, 1.82) is 0 Å². The molecule has 3 rings (SSSR count). The number of nitrogens with zero attached hydrogens (tertiary/aromatic N) is 2. The number of para-hydroxylation sites is 2. The fourth-order valence-corrected chi connectivity index (χ4v) is 3.47. The Labute approximate surface area is 179 Å². The van der Waals surface area contributed by atoms with Gasteiger partial charge in [-0.3, -0.25) is 29.4 Å². The molecule has 0 spiro atoms. The second kappa shape index (κ2) is 9.84. The molecule has 0 aromatic heterocycles. The standard InChI is InChI=1S/C22H23N3O6/c1-2-31-18-12-6-5-10-16(18)23-19(26)13-4-3-7-14-24-21(27)15-9-8-11-17(25(29)30)20(15)22(24)28/h5-6,8-12H,2-4,7,13-14H2,1H3,(H,23,26). The first-order valence-corrected chi connectivity index (χ1v) is 10.1. The SMILES string of the molecule is CCOc1ccccc1NC(=O)CCCCCN1C(=O)c2cccc([N+](=O)[O-])c2C1=O. The number of nitro benzene ring substituents is 1. The van der Waals surface area contributed by atoms with Crippen molar-refractivity contribution in [3.63, 3.8) is 0 Å². The third-order valence-corrected chi connectivity index (χ3v) is 4.92. The molecule has 1 heterocycles. The topological polar surface area (TPSA) is 119 Å². The number of anilines is 1. The predicted molar refractivity (Wildman–Crippen MR) is 113 cm³/mol. The van der Waals surface area contributed by atoms with Crippen LogP contribution in [-0.2, 0) is 4.79 Å². The summed E-state index contributed by atoms with van der Waals surface area (Å²) in [6.45, 7) is 2.51. The highest BCUT2D eigenvalue weighted by Gasteiger charge is 2.40. The zero-order valence-electron chi connectivity index (χ0n) is 17.1. The molecule has 31 heavy (non-hydrogen) atoms. The van der Waals surface area contributed by atoms with Gasteiger partial charge in [0.25, 0.3) is 17.5 Å². The first kappa shape index (κ1) is 21.9. The van der Waals surface area contributed by atoms with Gasteiger partial charge in [-0.15, -0.1) is 0 Å². The second-order valence-corrected chi connectivity index (χ2v) is 7.01. The minimum atomic E-state index is -0.657. The van der Waals surface area contributed by atoms with Crippen LogP contribution in [0.5, 0.6) is 5.75 Å². The van der Waals surface area contributed by atoms with E-state index in [0.717, 1.165) is 4.90 Å². The number of imide groups is 1. The average Bonchev–Trinajstić information content (AvgIpc) is 2.99. The number of unbranched alkanes of at least 4 members (excludes halogenated alkanes) is 2. The van der Waals surface area contributed by atoms with E-state index in [0.29, 0.717) is 37.3 Å². The summed E-state index contributed by atoms with van der Waals surface area (Å²) in [6, 6.07) is 11.2. The average molecular weight is 425 g/mol. The van der Waals surface area contributed by atoms with E-state index >= 15 is 0 Å². The molecule has 0 bridgehead atoms. The van der Waals surface area contributed by atoms with Gasteiger partial charge in [0.2, 0.25) is 5.91 Å². The number of amides is 3. The second-order valence-electron chi connectivity index (χ2n) is 7.01. The van der Waals surface area contributed by atoms with Crippen LogP contribution in [0.4, 0.5) is 11.4 Å². The van der Waals surface area contributed by atoms with Gasteiger partial charge in [-0.05, 0) is 38.0 Å². The maximum absolute atomic E-state index is 12.5. The van der Waals surface area contributed by atoms with E-state index in [1.807, 2.05) is 19.1 Å². The Hall–Kier alpha value is -3.75. The predicted octanol–water partition coefficient (Wildman–Crippen LogP) is 3.79. The van der Waals surface area contributed by atoms with Gasteiger partial charge in [-0.25, -0.2) is 0 Å². The van der Waals surface area contributed by atoms with Crippen molar-refractivity contribution in [2.24, 2.45) is 0 Å². The maximum Gasteiger partial charge on any atom is 0.282 e. The Bertz CT molecular complexity index is 1020. The van der Waals surface area contributed by atoms with Crippen molar-refractivity contribution in [2.75, 3.05) is 18.5 Å². The zero-order chi connectivity index (χ0) is 22.4. The Morgan fingerprint density at radius 3 is 2.58 bits per heavy atom. The first-order chi connectivity index (χ1) is 14.9. The lowest BCUT2D eigenvalue weighted by Gasteiger charge is -2.13. The number of nitrogens with one attached hydrogen (secondary N) is 1. The van der Waals surface area contributed by atoms with E-state index < -0.39 is 16.7 Å². The summed E-state index contributed by atoms with van der Waals surface area (Å²) >= 11 is 0. The van der Waals surface area contributed by atoms with Crippen LogP contribution in [0.3, 0.4) is 0 Å². The van der Waals surface area contributed by atoms with Crippen molar-refractivity contribution >= 4 is 29.1 Å². The van der Waals surface area contributed by atoms with Gasteiger partial charge in [-0.2, -0.15) is 0 Å². The van der Waals surface area contributed by atoms with Crippen LogP contribution in [0.2, 0.25) is 0 Å². The van der Waals surface area contributed by atoms with Crippen LogP contribution in [0.25, 0.3) is 0 Å². The Balaban J connectivity index is 1.47. The molecule has 0 unspecified atom stereocenters. The molecular formula is C22H23N3O6. The normalized spacial score (nSPS) is 12.6. The molecule has 3 amide bonds. The van der Waals surface area contributed by atoms with Crippen LogP contribution in [-0.4, -0.2) is 40.7 Å². The number of hydrogen-bond acceptors (Lipinski definition) is 6. The number of benzene rings is 2. The fraction of sp³-hybridized carbons (Fsp3) is 0.318. The van der Waals surface area contributed by atoms with Gasteiger partial charge >= 0.3 is 0 Å². The molecular weight excluding hydrogens is 402 g/mol. The van der Waals surface area contributed by atoms with Gasteiger partial charge in [0.15, 0.2) is 0 Å². The van der Waals surface area contributed by atoms with E-state index in [2.05, 4.69) is 5.32 Å². The highest BCUT2D eigenvalue weighted by atomic mass is 16.6. The monoisotopic (exact) mass is 425 g/mol. The molecule has 0 saturated carbocycles. The summed E-state index contributed by atoms with van der Waals surface area (Å²) in [7, 11) is 0. The number of carbonyl (C=O) groups excluding carboxylic acids is 3. The van der Waals surface area contributed by atoms with E-state index in [-0.39, 0.29) is 35.7 Å². The molecule has 0 radical (unpaired) electrons. The van der Waals surface area contributed by atoms with Crippen molar-refractivity contribution in [3.8, 4) is 5.75 Å². The van der Waals surface area contributed by atoms with Crippen LogP contribution < -0.4 is 10.1 Å².